The van der Waals surface area contributed by atoms with Crippen molar-refractivity contribution in [1.29, 1.82) is 0 Å². The SMILES string of the molecule is CCOC(=O)c1c(NC(=O)CSc2nc3sc4c(c3c(=O)n2-c2ccccc2)CCCC4)sc2c1CCCCC2. The summed E-state index contributed by atoms with van der Waals surface area (Å²) in [7, 11) is 0. The summed E-state index contributed by atoms with van der Waals surface area (Å²) in [6.45, 7) is 2.07. The fraction of sp³-hybridized carbons (Fsp3) is 0.400. The quantitative estimate of drug-likeness (QED) is 0.113. The molecule has 0 saturated carbocycles. The van der Waals surface area contributed by atoms with Gasteiger partial charge in [0.05, 0.1) is 29.0 Å². The Morgan fingerprint density at radius 2 is 1.68 bits per heavy atom. The lowest BCUT2D eigenvalue weighted by Gasteiger charge is -2.13. The van der Waals surface area contributed by atoms with Crippen LogP contribution in [0.15, 0.2) is 40.3 Å². The Hall–Kier alpha value is -2.95. The van der Waals surface area contributed by atoms with Gasteiger partial charge in [0.15, 0.2) is 5.16 Å². The maximum Gasteiger partial charge on any atom is 0.341 e. The van der Waals surface area contributed by atoms with Crippen LogP contribution < -0.4 is 10.9 Å². The first-order chi connectivity index (χ1) is 19.5. The van der Waals surface area contributed by atoms with E-state index in [1.54, 1.807) is 22.8 Å². The Labute approximate surface area is 245 Å². The number of nitrogens with zero attached hydrogens (tertiary/aromatic N) is 2. The highest BCUT2D eigenvalue weighted by Gasteiger charge is 2.27. The van der Waals surface area contributed by atoms with Crippen LogP contribution in [0.4, 0.5) is 5.00 Å². The van der Waals surface area contributed by atoms with Gasteiger partial charge in [-0.15, -0.1) is 22.7 Å². The fourth-order valence-electron chi connectivity index (χ4n) is 5.63. The molecule has 0 aliphatic heterocycles. The van der Waals surface area contributed by atoms with Crippen molar-refractivity contribution in [2.45, 2.75) is 69.9 Å². The van der Waals surface area contributed by atoms with Gasteiger partial charge in [-0.25, -0.2) is 9.78 Å². The lowest BCUT2D eigenvalue weighted by molar-refractivity contribution is -0.113. The van der Waals surface area contributed by atoms with Crippen LogP contribution >= 0.6 is 34.4 Å². The molecule has 0 unspecified atom stereocenters. The van der Waals surface area contributed by atoms with Crippen LogP contribution in [0.3, 0.4) is 0 Å². The normalized spacial score (nSPS) is 14.8. The molecule has 1 N–H and O–H groups in total. The van der Waals surface area contributed by atoms with E-state index in [1.165, 1.54) is 28.0 Å². The second-order valence-corrected chi connectivity index (χ2v) is 13.2. The van der Waals surface area contributed by atoms with Gasteiger partial charge in [0, 0.05) is 9.75 Å². The maximum absolute atomic E-state index is 13.9. The number of thiophene rings is 2. The molecule has 0 bridgehead atoms. The summed E-state index contributed by atoms with van der Waals surface area (Å²) in [5.74, 6) is -0.566. The number of aromatic nitrogens is 2. The molecule has 1 aromatic carbocycles. The predicted octanol–water partition coefficient (Wildman–Crippen LogP) is 6.56. The minimum absolute atomic E-state index is 0.0563. The Balaban J connectivity index is 1.31. The number of hydrogen-bond acceptors (Lipinski definition) is 8. The van der Waals surface area contributed by atoms with Gasteiger partial charge in [-0.05, 0) is 81.5 Å². The van der Waals surface area contributed by atoms with Gasteiger partial charge in [-0.1, -0.05) is 36.4 Å². The van der Waals surface area contributed by atoms with Crippen LogP contribution in [-0.2, 0) is 35.2 Å². The van der Waals surface area contributed by atoms with Crippen molar-refractivity contribution in [3.05, 3.63) is 67.1 Å². The van der Waals surface area contributed by atoms with Gasteiger partial charge in [-0.3, -0.25) is 14.2 Å². The molecule has 3 aromatic heterocycles. The number of amides is 1. The van der Waals surface area contributed by atoms with Crippen LogP contribution in [0.1, 0.15) is 70.3 Å². The van der Waals surface area contributed by atoms with E-state index in [4.69, 9.17) is 9.72 Å². The number of anilines is 1. The first-order valence-corrected chi connectivity index (χ1v) is 16.5. The highest BCUT2D eigenvalue weighted by atomic mass is 32.2. The topological polar surface area (TPSA) is 90.3 Å². The zero-order valence-electron chi connectivity index (χ0n) is 22.4. The van der Waals surface area contributed by atoms with E-state index in [0.29, 0.717) is 15.7 Å². The molecule has 208 valence electrons. The summed E-state index contributed by atoms with van der Waals surface area (Å²) in [6.07, 6.45) is 9.08. The van der Waals surface area contributed by atoms with Crippen molar-refractivity contribution in [3.63, 3.8) is 0 Å². The average molecular weight is 594 g/mol. The molecule has 4 aromatic rings. The minimum atomic E-state index is -0.378. The van der Waals surface area contributed by atoms with E-state index < -0.39 is 0 Å². The zero-order chi connectivity index (χ0) is 27.6. The van der Waals surface area contributed by atoms with Gasteiger partial charge in [0.2, 0.25) is 5.91 Å². The second-order valence-electron chi connectivity index (χ2n) is 10.1. The largest absolute Gasteiger partial charge is 0.462 e. The summed E-state index contributed by atoms with van der Waals surface area (Å²) in [5.41, 5.74) is 3.33. The third-order valence-electron chi connectivity index (χ3n) is 7.46. The molecule has 7 nitrogen and oxygen atoms in total. The molecule has 6 rings (SSSR count). The number of benzene rings is 1. The number of esters is 1. The molecule has 0 atom stereocenters. The molecule has 1 amide bonds. The summed E-state index contributed by atoms with van der Waals surface area (Å²) < 4.78 is 7.00. The molecular formula is C30H31N3O4S3. The number of carbonyl (C=O) groups excluding carboxylic acids is 2. The number of aryl methyl sites for hydroxylation is 3. The van der Waals surface area contributed by atoms with E-state index in [9.17, 15) is 14.4 Å². The van der Waals surface area contributed by atoms with Gasteiger partial charge >= 0.3 is 5.97 Å². The number of nitrogens with one attached hydrogen (secondary N) is 1. The number of thioether (sulfide) groups is 1. The van der Waals surface area contributed by atoms with E-state index in [-0.39, 0.29) is 29.8 Å². The molecule has 0 radical (unpaired) electrons. The Morgan fingerprint density at radius 3 is 2.48 bits per heavy atom. The number of carbonyl (C=O) groups is 2. The van der Waals surface area contributed by atoms with Crippen LogP contribution in [0.5, 0.6) is 0 Å². The van der Waals surface area contributed by atoms with E-state index in [1.807, 2.05) is 30.3 Å². The van der Waals surface area contributed by atoms with Crippen LogP contribution in [0.2, 0.25) is 0 Å². The summed E-state index contributed by atoms with van der Waals surface area (Å²) in [6, 6.07) is 9.49. The number of hydrogen-bond donors (Lipinski definition) is 1. The van der Waals surface area contributed by atoms with Crippen LogP contribution in [0, 0.1) is 0 Å². The predicted molar refractivity (Wildman–Crippen MR) is 163 cm³/mol. The first-order valence-electron chi connectivity index (χ1n) is 13.9. The van der Waals surface area contributed by atoms with Crippen molar-refractivity contribution in [2.75, 3.05) is 17.7 Å². The average Bonchev–Trinajstić information content (AvgIpc) is 3.41. The van der Waals surface area contributed by atoms with Gasteiger partial charge in [0.1, 0.15) is 9.83 Å². The van der Waals surface area contributed by atoms with Crippen LogP contribution in [-0.4, -0.2) is 33.8 Å². The van der Waals surface area contributed by atoms with E-state index >= 15 is 0 Å². The van der Waals surface area contributed by atoms with Crippen molar-refractivity contribution in [3.8, 4) is 5.69 Å². The number of ether oxygens (including phenoxy) is 1. The highest BCUT2D eigenvalue weighted by Crippen LogP contribution is 2.39. The standard InChI is InChI=1S/C30H31N3O4S3/c1-2-37-29(36)25-20-13-7-4-8-15-22(20)40-27(25)31-23(34)17-38-30-32-26-24(19-14-9-10-16-21(19)39-26)28(35)33(30)18-11-5-3-6-12-18/h3,5-6,11-12H,2,4,7-10,13-17H2,1H3,(H,31,34). The zero-order valence-corrected chi connectivity index (χ0v) is 24.9. The number of para-hydroxylation sites is 1. The van der Waals surface area contributed by atoms with E-state index in [0.717, 1.165) is 89.7 Å². The molecule has 3 heterocycles. The van der Waals surface area contributed by atoms with Gasteiger partial charge in [0.25, 0.3) is 5.56 Å². The summed E-state index contributed by atoms with van der Waals surface area (Å²) in [5, 5.41) is 4.76. The Morgan fingerprint density at radius 1 is 0.975 bits per heavy atom. The maximum atomic E-state index is 13.9. The monoisotopic (exact) mass is 593 g/mol. The highest BCUT2D eigenvalue weighted by molar-refractivity contribution is 7.99. The molecule has 0 saturated heterocycles. The summed E-state index contributed by atoms with van der Waals surface area (Å²) >= 11 is 4.34. The smallest absolute Gasteiger partial charge is 0.341 e. The molecule has 2 aliphatic carbocycles. The fourth-order valence-corrected chi connectivity index (χ4v) is 9.04. The lowest BCUT2D eigenvalue weighted by atomic mass is 9.97. The van der Waals surface area contributed by atoms with Crippen LogP contribution in [0.25, 0.3) is 15.9 Å². The van der Waals surface area contributed by atoms with Crippen molar-refractivity contribution >= 4 is 61.5 Å². The number of fused-ring (bicyclic) bond motifs is 4. The lowest BCUT2D eigenvalue weighted by Crippen LogP contribution is -2.23. The Bertz CT molecular complexity index is 1640. The number of rotatable bonds is 7. The third-order valence-corrected chi connectivity index (χ3v) is 10.8. The minimum Gasteiger partial charge on any atom is -0.462 e. The molecular weight excluding hydrogens is 563 g/mol. The van der Waals surface area contributed by atoms with Crippen molar-refractivity contribution in [1.82, 2.24) is 9.55 Å². The molecule has 2 aliphatic rings. The first kappa shape index (κ1) is 27.2. The Kier molecular flexibility index (Phi) is 8.09. The molecule has 40 heavy (non-hydrogen) atoms. The molecule has 0 fully saturated rings. The third kappa shape index (κ3) is 5.24. The van der Waals surface area contributed by atoms with Gasteiger partial charge < -0.3 is 10.1 Å². The van der Waals surface area contributed by atoms with E-state index in [2.05, 4.69) is 5.32 Å². The van der Waals surface area contributed by atoms with Crippen molar-refractivity contribution < 1.29 is 14.3 Å². The second kappa shape index (κ2) is 11.9. The van der Waals surface area contributed by atoms with Crippen molar-refractivity contribution in [2.24, 2.45) is 0 Å². The molecule has 0 spiro atoms. The molecule has 10 heteroatoms. The summed E-state index contributed by atoms with van der Waals surface area (Å²) in [4.78, 5) is 48.2. The van der Waals surface area contributed by atoms with Gasteiger partial charge in [-0.2, -0.15) is 0 Å².